The summed E-state index contributed by atoms with van der Waals surface area (Å²) in [6.45, 7) is 2.61. The zero-order chi connectivity index (χ0) is 19.2. The molecule has 0 aliphatic carbocycles. The zero-order valence-electron chi connectivity index (χ0n) is 15.0. The summed E-state index contributed by atoms with van der Waals surface area (Å²) in [6.07, 6.45) is 2.66. The van der Waals surface area contributed by atoms with Crippen LogP contribution in [0, 0.1) is 0 Å². The van der Waals surface area contributed by atoms with Gasteiger partial charge in [-0.2, -0.15) is 0 Å². The number of carbonyl (C=O) groups excluding carboxylic acids is 1. The van der Waals surface area contributed by atoms with E-state index in [-0.39, 0.29) is 5.91 Å². The fraction of sp³-hybridized carbons (Fsp3) is 0.200. The molecule has 0 saturated heterocycles. The number of benzene rings is 2. The van der Waals surface area contributed by atoms with Crippen molar-refractivity contribution in [3.8, 4) is 22.1 Å². The number of carbonyl (C=O) groups is 1. The molecule has 3 aromatic rings. The van der Waals surface area contributed by atoms with Gasteiger partial charge in [-0.25, -0.2) is 4.98 Å². The Morgan fingerprint density at radius 3 is 2.67 bits per heavy atom. The minimum Gasteiger partial charge on any atom is -0.493 e. The molecule has 3 rings (SSSR count). The first-order chi connectivity index (χ1) is 13.1. The van der Waals surface area contributed by atoms with Crippen molar-refractivity contribution < 1.29 is 14.3 Å². The van der Waals surface area contributed by atoms with Crippen LogP contribution < -0.4 is 14.8 Å². The Labute approximate surface area is 170 Å². The van der Waals surface area contributed by atoms with Crippen LogP contribution in [-0.4, -0.2) is 24.6 Å². The number of halogens is 1. The molecule has 1 aromatic heterocycles. The number of aromatic nitrogens is 1. The number of nitrogens with zero attached hydrogens (tertiary/aromatic N) is 1. The van der Waals surface area contributed by atoms with Crippen LogP contribution in [0.4, 0.5) is 5.69 Å². The van der Waals surface area contributed by atoms with Crippen LogP contribution in [0.2, 0.25) is 0 Å². The molecule has 2 aromatic carbocycles. The van der Waals surface area contributed by atoms with Crippen LogP contribution >= 0.6 is 27.3 Å². The van der Waals surface area contributed by atoms with E-state index in [1.165, 1.54) is 0 Å². The van der Waals surface area contributed by atoms with E-state index in [2.05, 4.69) is 26.2 Å². The number of nitrogens with one attached hydrogen (secondary N) is 1. The van der Waals surface area contributed by atoms with Gasteiger partial charge >= 0.3 is 0 Å². The van der Waals surface area contributed by atoms with Gasteiger partial charge in [0, 0.05) is 28.4 Å². The molecular weight excluding hydrogens is 428 g/mol. The van der Waals surface area contributed by atoms with Gasteiger partial charge in [-0.1, -0.05) is 6.92 Å². The molecule has 140 valence electrons. The van der Waals surface area contributed by atoms with Crippen molar-refractivity contribution in [1.29, 1.82) is 0 Å². The van der Waals surface area contributed by atoms with Gasteiger partial charge in [0.2, 0.25) is 0 Å². The van der Waals surface area contributed by atoms with Crippen LogP contribution in [0.3, 0.4) is 0 Å². The van der Waals surface area contributed by atoms with Crippen molar-refractivity contribution in [3.63, 3.8) is 0 Å². The van der Waals surface area contributed by atoms with Crippen molar-refractivity contribution in [1.82, 2.24) is 4.98 Å². The van der Waals surface area contributed by atoms with Crippen molar-refractivity contribution >= 4 is 38.9 Å². The Morgan fingerprint density at radius 2 is 2.04 bits per heavy atom. The third-order valence-electron chi connectivity index (χ3n) is 3.76. The lowest BCUT2D eigenvalue weighted by atomic mass is 10.1. The number of methoxy groups -OCH3 is 1. The third kappa shape index (κ3) is 4.67. The van der Waals surface area contributed by atoms with E-state index in [9.17, 15) is 4.79 Å². The first-order valence-electron chi connectivity index (χ1n) is 8.44. The van der Waals surface area contributed by atoms with Gasteiger partial charge in [0.05, 0.1) is 18.2 Å². The summed E-state index contributed by atoms with van der Waals surface area (Å²) in [5.74, 6) is 0.892. The van der Waals surface area contributed by atoms with Gasteiger partial charge in [0.25, 0.3) is 5.91 Å². The highest BCUT2D eigenvalue weighted by atomic mass is 79.9. The lowest BCUT2D eigenvalue weighted by Crippen LogP contribution is -2.12. The summed E-state index contributed by atoms with van der Waals surface area (Å²) in [4.78, 5) is 16.9. The lowest BCUT2D eigenvalue weighted by Gasteiger charge is -2.14. The number of hydrogen-bond acceptors (Lipinski definition) is 5. The van der Waals surface area contributed by atoms with E-state index in [0.29, 0.717) is 33.8 Å². The maximum Gasteiger partial charge on any atom is 0.255 e. The monoisotopic (exact) mass is 446 g/mol. The van der Waals surface area contributed by atoms with Gasteiger partial charge in [0.1, 0.15) is 5.01 Å². The predicted octanol–water partition coefficient (Wildman–Crippen LogP) is 5.62. The summed E-state index contributed by atoms with van der Waals surface area (Å²) in [5, 5.41) is 5.78. The Balaban J connectivity index is 1.76. The maximum atomic E-state index is 12.6. The molecule has 0 saturated carbocycles. The summed E-state index contributed by atoms with van der Waals surface area (Å²) < 4.78 is 11.8. The number of thiazole rings is 1. The molecule has 0 fully saturated rings. The zero-order valence-corrected chi connectivity index (χ0v) is 17.4. The minimum absolute atomic E-state index is 0.224. The SMILES string of the molecule is CCCOc1c(Br)cc(C(=O)Nc2ccc(-c3nccs3)cc2)cc1OC. The quantitative estimate of drug-likeness (QED) is 0.511. The summed E-state index contributed by atoms with van der Waals surface area (Å²) in [7, 11) is 1.56. The van der Waals surface area contributed by atoms with Crippen molar-refractivity contribution in [2.75, 3.05) is 19.0 Å². The molecule has 0 unspecified atom stereocenters. The molecule has 0 spiro atoms. The van der Waals surface area contributed by atoms with Crippen LogP contribution in [0.15, 0.2) is 52.4 Å². The Kier molecular flexibility index (Phi) is 6.47. The fourth-order valence-corrected chi connectivity index (χ4v) is 3.66. The predicted molar refractivity (Wildman–Crippen MR) is 112 cm³/mol. The Hall–Kier alpha value is -2.38. The second-order valence-corrected chi connectivity index (χ2v) is 7.46. The van der Waals surface area contributed by atoms with E-state index in [1.54, 1.807) is 36.8 Å². The summed E-state index contributed by atoms with van der Waals surface area (Å²) >= 11 is 5.04. The number of hydrogen-bond donors (Lipinski definition) is 1. The highest BCUT2D eigenvalue weighted by molar-refractivity contribution is 9.10. The van der Waals surface area contributed by atoms with Crippen molar-refractivity contribution in [2.45, 2.75) is 13.3 Å². The molecule has 27 heavy (non-hydrogen) atoms. The first kappa shape index (κ1) is 19.4. The van der Waals surface area contributed by atoms with Crippen LogP contribution in [0.1, 0.15) is 23.7 Å². The average molecular weight is 447 g/mol. The normalized spacial score (nSPS) is 10.5. The molecule has 0 aliphatic rings. The molecule has 0 atom stereocenters. The molecule has 1 heterocycles. The topological polar surface area (TPSA) is 60.5 Å². The maximum absolute atomic E-state index is 12.6. The highest BCUT2D eigenvalue weighted by Gasteiger charge is 2.16. The molecule has 1 N–H and O–H groups in total. The fourth-order valence-electron chi connectivity index (χ4n) is 2.46. The lowest BCUT2D eigenvalue weighted by molar-refractivity contribution is 0.102. The highest BCUT2D eigenvalue weighted by Crippen LogP contribution is 2.37. The Bertz CT molecular complexity index is 912. The van der Waals surface area contributed by atoms with Crippen molar-refractivity contribution in [3.05, 3.63) is 58.0 Å². The van der Waals surface area contributed by atoms with Crippen LogP contribution in [-0.2, 0) is 0 Å². The Morgan fingerprint density at radius 1 is 1.26 bits per heavy atom. The largest absolute Gasteiger partial charge is 0.493 e. The standard InChI is InChI=1S/C20H19BrN2O3S/c1-3-9-26-18-16(21)11-14(12-17(18)25-2)19(24)23-15-6-4-13(5-7-15)20-22-8-10-27-20/h4-8,10-12H,3,9H2,1-2H3,(H,23,24). The van der Waals surface area contributed by atoms with E-state index < -0.39 is 0 Å². The van der Waals surface area contributed by atoms with Gasteiger partial charge in [-0.3, -0.25) is 4.79 Å². The number of rotatable bonds is 7. The van der Waals surface area contributed by atoms with Crippen LogP contribution in [0.5, 0.6) is 11.5 Å². The van der Waals surface area contributed by atoms with Crippen LogP contribution in [0.25, 0.3) is 10.6 Å². The molecule has 0 bridgehead atoms. The number of anilines is 1. The second-order valence-electron chi connectivity index (χ2n) is 5.71. The van der Waals surface area contributed by atoms with E-state index >= 15 is 0 Å². The van der Waals surface area contributed by atoms with E-state index in [4.69, 9.17) is 9.47 Å². The average Bonchev–Trinajstić information content (AvgIpc) is 3.21. The molecular formula is C20H19BrN2O3S. The van der Waals surface area contributed by atoms with Gasteiger partial charge in [-0.05, 0) is 58.7 Å². The number of ether oxygens (including phenoxy) is 2. The molecule has 0 radical (unpaired) electrons. The van der Waals surface area contributed by atoms with Gasteiger partial charge < -0.3 is 14.8 Å². The molecule has 7 heteroatoms. The minimum atomic E-state index is -0.224. The van der Waals surface area contributed by atoms with E-state index in [0.717, 1.165) is 17.0 Å². The van der Waals surface area contributed by atoms with Crippen molar-refractivity contribution in [2.24, 2.45) is 0 Å². The summed E-state index contributed by atoms with van der Waals surface area (Å²) in [5.41, 5.74) is 2.21. The third-order valence-corrected chi connectivity index (χ3v) is 5.18. The number of amides is 1. The van der Waals surface area contributed by atoms with Gasteiger partial charge in [-0.15, -0.1) is 11.3 Å². The molecule has 5 nitrogen and oxygen atoms in total. The van der Waals surface area contributed by atoms with Gasteiger partial charge in [0.15, 0.2) is 11.5 Å². The molecule has 0 aliphatic heterocycles. The molecule has 1 amide bonds. The van der Waals surface area contributed by atoms with E-state index in [1.807, 2.05) is 36.6 Å². The smallest absolute Gasteiger partial charge is 0.255 e. The first-order valence-corrected chi connectivity index (χ1v) is 10.1. The second kappa shape index (κ2) is 9.01. The summed E-state index contributed by atoms with van der Waals surface area (Å²) in [6, 6.07) is 11.0.